The van der Waals surface area contributed by atoms with Gasteiger partial charge in [0.2, 0.25) is 0 Å². The Labute approximate surface area is 148 Å². The highest BCUT2D eigenvalue weighted by Gasteiger charge is 2.21. The Kier molecular flexibility index (Phi) is 5.71. The van der Waals surface area contributed by atoms with Crippen molar-refractivity contribution in [2.75, 3.05) is 51.8 Å². The number of ether oxygens (including phenoxy) is 1. The Hall–Kier alpha value is -2.77. The highest BCUT2D eigenvalue weighted by Crippen LogP contribution is 2.28. The van der Waals surface area contributed by atoms with Crippen molar-refractivity contribution >= 4 is 11.6 Å². The average Bonchev–Trinajstić information content (AvgIpc) is 3.19. The van der Waals surface area contributed by atoms with E-state index in [0.29, 0.717) is 0 Å². The smallest absolute Gasteiger partial charge is 0.193 e. The second-order valence-electron chi connectivity index (χ2n) is 5.78. The van der Waals surface area contributed by atoms with Crippen LogP contribution in [0.2, 0.25) is 0 Å². The van der Waals surface area contributed by atoms with Crippen molar-refractivity contribution in [3.05, 3.63) is 36.9 Å². The fourth-order valence-corrected chi connectivity index (χ4v) is 3.01. The zero-order valence-electron chi connectivity index (χ0n) is 14.8. The van der Waals surface area contributed by atoms with E-state index in [1.54, 1.807) is 24.4 Å². The van der Waals surface area contributed by atoms with Gasteiger partial charge in [0.15, 0.2) is 5.96 Å². The molecule has 0 radical (unpaired) electrons. The number of aliphatic imine (C=N–C) groups is 1. The molecule has 134 valence electrons. The fraction of sp³-hybridized carbons (Fsp3) is 0.471. The van der Waals surface area contributed by atoms with Crippen LogP contribution in [0.15, 0.2) is 41.9 Å². The van der Waals surface area contributed by atoms with E-state index >= 15 is 0 Å². The number of hydrogen-bond acceptors (Lipinski definition) is 5. The molecule has 8 nitrogen and oxygen atoms in total. The predicted molar refractivity (Wildman–Crippen MR) is 98.2 cm³/mol. The molecule has 0 spiro atoms. The van der Waals surface area contributed by atoms with Crippen molar-refractivity contribution in [3.63, 3.8) is 0 Å². The molecule has 0 saturated carbocycles. The van der Waals surface area contributed by atoms with Crippen molar-refractivity contribution in [2.45, 2.75) is 6.54 Å². The lowest BCUT2D eigenvalue weighted by atomic mass is 10.2. The molecule has 1 N–H and O–H groups in total. The van der Waals surface area contributed by atoms with E-state index in [2.05, 4.69) is 42.3 Å². The normalized spacial score (nSPS) is 15.4. The van der Waals surface area contributed by atoms with E-state index in [-0.39, 0.29) is 0 Å². The molecule has 1 aliphatic heterocycles. The second kappa shape index (κ2) is 8.36. The highest BCUT2D eigenvalue weighted by molar-refractivity contribution is 5.80. The summed E-state index contributed by atoms with van der Waals surface area (Å²) in [4.78, 5) is 13.0. The molecule has 1 fully saturated rings. The van der Waals surface area contributed by atoms with Crippen LogP contribution in [0.3, 0.4) is 0 Å². The maximum atomic E-state index is 5.48. The van der Waals surface area contributed by atoms with Gasteiger partial charge in [-0.05, 0) is 12.1 Å². The molecule has 1 saturated heterocycles. The largest absolute Gasteiger partial charge is 0.495 e. The first kappa shape index (κ1) is 17.1. The quantitative estimate of drug-likeness (QED) is 0.636. The number of rotatable bonds is 5. The van der Waals surface area contributed by atoms with Crippen LogP contribution >= 0.6 is 0 Å². The molecule has 0 aliphatic carbocycles. The standard InChI is InChI=1S/C17H25N7O/c1-18-17(20-7-8-24-14-19-13-21-24)23-11-9-22(10-12-23)15-5-3-4-6-16(15)25-2/h3-6,13-14H,7-12H2,1-2H3,(H,18,20). The number of guanidine groups is 1. The van der Waals surface area contributed by atoms with Gasteiger partial charge in [-0.2, -0.15) is 5.10 Å². The summed E-state index contributed by atoms with van der Waals surface area (Å²) < 4.78 is 7.28. The number of nitrogens with zero attached hydrogens (tertiary/aromatic N) is 6. The lowest BCUT2D eigenvalue weighted by molar-refractivity contribution is 0.366. The van der Waals surface area contributed by atoms with Gasteiger partial charge in [-0.3, -0.25) is 9.67 Å². The molecule has 2 aromatic rings. The number of methoxy groups -OCH3 is 1. The van der Waals surface area contributed by atoms with Crippen molar-refractivity contribution in [1.29, 1.82) is 0 Å². The number of aromatic nitrogens is 3. The monoisotopic (exact) mass is 343 g/mol. The van der Waals surface area contributed by atoms with Crippen LogP contribution in [0.25, 0.3) is 0 Å². The maximum Gasteiger partial charge on any atom is 0.193 e. The molecule has 0 atom stereocenters. The van der Waals surface area contributed by atoms with Crippen LogP contribution < -0.4 is 15.0 Å². The number of para-hydroxylation sites is 2. The number of benzene rings is 1. The summed E-state index contributed by atoms with van der Waals surface area (Å²) in [5.74, 6) is 1.85. The lowest BCUT2D eigenvalue weighted by Crippen LogP contribution is -2.53. The Bertz CT molecular complexity index is 678. The minimum absolute atomic E-state index is 0.764. The van der Waals surface area contributed by atoms with Gasteiger partial charge in [0, 0.05) is 39.8 Å². The average molecular weight is 343 g/mol. The van der Waals surface area contributed by atoms with E-state index in [4.69, 9.17) is 4.74 Å². The van der Waals surface area contributed by atoms with Gasteiger partial charge in [-0.25, -0.2) is 4.98 Å². The molecule has 1 aromatic carbocycles. The number of piperazine rings is 1. The van der Waals surface area contributed by atoms with Crippen LogP contribution in [0.5, 0.6) is 5.75 Å². The minimum Gasteiger partial charge on any atom is -0.495 e. The van der Waals surface area contributed by atoms with E-state index in [0.717, 1.165) is 56.7 Å². The van der Waals surface area contributed by atoms with Gasteiger partial charge in [0.1, 0.15) is 18.4 Å². The summed E-state index contributed by atoms with van der Waals surface area (Å²) in [5.41, 5.74) is 1.15. The Morgan fingerprint density at radius 1 is 1.24 bits per heavy atom. The second-order valence-corrected chi connectivity index (χ2v) is 5.78. The first-order valence-corrected chi connectivity index (χ1v) is 8.48. The molecular formula is C17H25N7O. The molecular weight excluding hydrogens is 318 g/mol. The van der Waals surface area contributed by atoms with E-state index < -0.39 is 0 Å². The molecule has 2 heterocycles. The van der Waals surface area contributed by atoms with Crippen LogP contribution in [0.1, 0.15) is 0 Å². The zero-order chi connectivity index (χ0) is 17.5. The third kappa shape index (κ3) is 4.20. The number of hydrogen-bond donors (Lipinski definition) is 1. The zero-order valence-corrected chi connectivity index (χ0v) is 14.8. The van der Waals surface area contributed by atoms with E-state index in [9.17, 15) is 0 Å². The Morgan fingerprint density at radius 3 is 2.72 bits per heavy atom. The van der Waals surface area contributed by atoms with Crippen molar-refractivity contribution in [2.24, 2.45) is 4.99 Å². The van der Waals surface area contributed by atoms with Gasteiger partial charge in [0.25, 0.3) is 0 Å². The number of nitrogens with one attached hydrogen (secondary N) is 1. The lowest BCUT2D eigenvalue weighted by Gasteiger charge is -2.38. The SMILES string of the molecule is CN=C(NCCn1cncn1)N1CCN(c2ccccc2OC)CC1. The Balaban J connectivity index is 1.51. The molecule has 3 rings (SSSR count). The summed E-state index contributed by atoms with van der Waals surface area (Å²) in [6.45, 7) is 5.24. The number of anilines is 1. The molecule has 8 heteroatoms. The third-order valence-electron chi connectivity index (χ3n) is 4.31. The molecule has 25 heavy (non-hydrogen) atoms. The van der Waals surface area contributed by atoms with E-state index in [1.807, 2.05) is 19.2 Å². The van der Waals surface area contributed by atoms with Crippen molar-refractivity contribution < 1.29 is 4.74 Å². The molecule has 1 aromatic heterocycles. The van der Waals surface area contributed by atoms with Crippen LogP contribution in [0.4, 0.5) is 5.69 Å². The summed E-state index contributed by atoms with van der Waals surface area (Å²) in [5, 5.41) is 7.50. The van der Waals surface area contributed by atoms with Gasteiger partial charge < -0.3 is 19.9 Å². The van der Waals surface area contributed by atoms with Crippen molar-refractivity contribution in [1.82, 2.24) is 25.0 Å². The molecule has 0 amide bonds. The molecule has 0 unspecified atom stereocenters. The first-order valence-electron chi connectivity index (χ1n) is 8.48. The summed E-state index contributed by atoms with van der Waals surface area (Å²) >= 11 is 0. The summed E-state index contributed by atoms with van der Waals surface area (Å²) in [6.07, 6.45) is 3.27. The first-order chi connectivity index (χ1) is 12.3. The molecule has 0 bridgehead atoms. The fourth-order valence-electron chi connectivity index (χ4n) is 3.01. The summed E-state index contributed by atoms with van der Waals surface area (Å²) in [6, 6.07) is 8.17. The molecule has 1 aliphatic rings. The summed E-state index contributed by atoms with van der Waals surface area (Å²) in [7, 11) is 3.54. The topological polar surface area (TPSA) is 70.8 Å². The Morgan fingerprint density at radius 2 is 2.04 bits per heavy atom. The predicted octanol–water partition coefficient (Wildman–Crippen LogP) is 0.684. The van der Waals surface area contributed by atoms with Gasteiger partial charge in [-0.1, -0.05) is 12.1 Å². The van der Waals surface area contributed by atoms with Crippen LogP contribution in [-0.4, -0.2) is 72.5 Å². The van der Waals surface area contributed by atoms with Crippen molar-refractivity contribution in [3.8, 4) is 5.75 Å². The van der Waals surface area contributed by atoms with Gasteiger partial charge in [-0.15, -0.1) is 0 Å². The van der Waals surface area contributed by atoms with Crippen LogP contribution in [-0.2, 0) is 6.54 Å². The maximum absolute atomic E-state index is 5.48. The van der Waals surface area contributed by atoms with E-state index in [1.165, 1.54) is 0 Å². The van der Waals surface area contributed by atoms with Gasteiger partial charge in [0.05, 0.1) is 19.3 Å². The highest BCUT2D eigenvalue weighted by atomic mass is 16.5. The van der Waals surface area contributed by atoms with Crippen LogP contribution in [0, 0.1) is 0 Å². The minimum atomic E-state index is 0.764. The third-order valence-corrected chi connectivity index (χ3v) is 4.31. The van der Waals surface area contributed by atoms with Gasteiger partial charge >= 0.3 is 0 Å².